The first-order valence-corrected chi connectivity index (χ1v) is 5.23. The SMILES string of the molecule is [CH2]CCCc1ccc(C(F)(F)F)cc1C(F)(F)F. The third-order valence-electron chi connectivity index (χ3n) is 2.44. The lowest BCUT2D eigenvalue weighted by Gasteiger charge is -2.15. The highest BCUT2D eigenvalue weighted by Gasteiger charge is 2.37. The van der Waals surface area contributed by atoms with E-state index < -0.39 is 23.5 Å². The second kappa shape index (κ2) is 5.20. The van der Waals surface area contributed by atoms with Gasteiger partial charge in [-0.1, -0.05) is 19.4 Å². The van der Waals surface area contributed by atoms with E-state index in [0.29, 0.717) is 18.9 Å². The van der Waals surface area contributed by atoms with Crippen molar-refractivity contribution < 1.29 is 26.3 Å². The van der Waals surface area contributed by atoms with Gasteiger partial charge in [0.1, 0.15) is 0 Å². The van der Waals surface area contributed by atoms with Crippen molar-refractivity contribution in [2.45, 2.75) is 31.6 Å². The zero-order valence-electron chi connectivity index (χ0n) is 9.33. The minimum atomic E-state index is -4.78. The van der Waals surface area contributed by atoms with E-state index >= 15 is 0 Å². The van der Waals surface area contributed by atoms with Crippen LogP contribution in [0.5, 0.6) is 0 Å². The molecule has 0 heterocycles. The van der Waals surface area contributed by atoms with Gasteiger partial charge in [-0.05, 0) is 30.5 Å². The topological polar surface area (TPSA) is 0 Å². The van der Waals surface area contributed by atoms with Crippen molar-refractivity contribution in [3.63, 3.8) is 0 Å². The predicted octanol–water partition coefficient (Wildman–Crippen LogP) is 4.88. The van der Waals surface area contributed by atoms with Gasteiger partial charge in [0.15, 0.2) is 0 Å². The first-order valence-electron chi connectivity index (χ1n) is 5.23. The molecule has 0 amide bonds. The third-order valence-corrected chi connectivity index (χ3v) is 2.44. The number of alkyl halides is 6. The van der Waals surface area contributed by atoms with Crippen molar-refractivity contribution in [1.82, 2.24) is 0 Å². The molecule has 0 spiro atoms. The van der Waals surface area contributed by atoms with Crippen LogP contribution < -0.4 is 0 Å². The normalized spacial score (nSPS) is 12.8. The summed E-state index contributed by atoms with van der Waals surface area (Å²) >= 11 is 0. The second-order valence-electron chi connectivity index (χ2n) is 3.82. The summed E-state index contributed by atoms with van der Waals surface area (Å²) in [5.41, 5.74) is -2.63. The van der Waals surface area contributed by atoms with Crippen molar-refractivity contribution in [2.75, 3.05) is 0 Å². The lowest BCUT2D eigenvalue weighted by Crippen LogP contribution is -2.13. The van der Waals surface area contributed by atoms with Gasteiger partial charge in [0.25, 0.3) is 0 Å². The summed E-state index contributed by atoms with van der Waals surface area (Å²) in [7, 11) is 0. The lowest BCUT2D eigenvalue weighted by atomic mass is 9.99. The van der Waals surface area contributed by atoms with Crippen molar-refractivity contribution in [3.8, 4) is 0 Å². The molecule has 1 radical (unpaired) electrons. The van der Waals surface area contributed by atoms with E-state index in [1.807, 2.05) is 0 Å². The molecule has 1 rings (SSSR count). The summed E-state index contributed by atoms with van der Waals surface area (Å²) < 4.78 is 75.1. The van der Waals surface area contributed by atoms with E-state index in [2.05, 4.69) is 6.92 Å². The Morgan fingerprint density at radius 1 is 0.944 bits per heavy atom. The smallest absolute Gasteiger partial charge is 0.166 e. The van der Waals surface area contributed by atoms with Crippen LogP contribution in [0.15, 0.2) is 18.2 Å². The first-order chi connectivity index (χ1) is 8.16. The van der Waals surface area contributed by atoms with E-state index in [-0.39, 0.29) is 18.1 Å². The molecule has 0 nitrogen and oxygen atoms in total. The van der Waals surface area contributed by atoms with Crippen molar-refractivity contribution in [2.24, 2.45) is 0 Å². The zero-order chi connectivity index (χ0) is 14.0. The Morgan fingerprint density at radius 2 is 1.56 bits per heavy atom. The van der Waals surface area contributed by atoms with Crippen LogP contribution in [0.25, 0.3) is 0 Å². The molecule has 1 aromatic rings. The number of aryl methyl sites for hydroxylation is 1. The Kier molecular flexibility index (Phi) is 4.29. The van der Waals surface area contributed by atoms with Crippen molar-refractivity contribution in [3.05, 3.63) is 41.8 Å². The maximum atomic E-state index is 12.7. The molecule has 0 fully saturated rings. The Morgan fingerprint density at radius 3 is 2.00 bits per heavy atom. The van der Waals surface area contributed by atoms with Crippen LogP contribution in [0.4, 0.5) is 26.3 Å². The molecular formula is C12H11F6. The van der Waals surface area contributed by atoms with Gasteiger partial charge in [0, 0.05) is 0 Å². The molecule has 0 N–H and O–H groups in total. The van der Waals surface area contributed by atoms with Crippen LogP contribution in [-0.4, -0.2) is 0 Å². The van der Waals surface area contributed by atoms with Crippen molar-refractivity contribution in [1.29, 1.82) is 0 Å². The second-order valence-corrected chi connectivity index (χ2v) is 3.82. The molecule has 0 saturated heterocycles. The molecule has 1 aromatic carbocycles. The molecule has 0 aliphatic heterocycles. The highest BCUT2D eigenvalue weighted by atomic mass is 19.4. The summed E-state index contributed by atoms with van der Waals surface area (Å²) in [6, 6.07) is 1.73. The Balaban J connectivity index is 3.21. The van der Waals surface area contributed by atoms with E-state index in [1.54, 1.807) is 0 Å². The fourth-order valence-electron chi connectivity index (χ4n) is 1.55. The van der Waals surface area contributed by atoms with E-state index in [4.69, 9.17) is 0 Å². The molecular weight excluding hydrogens is 258 g/mol. The Bertz CT molecular complexity index is 402. The third kappa shape index (κ3) is 3.65. The standard InChI is InChI=1S/C12H11F6/c1-2-3-4-8-5-6-9(11(13,14)15)7-10(8)12(16,17)18/h5-7H,1-4H2. The first kappa shape index (κ1) is 14.9. The summed E-state index contributed by atoms with van der Waals surface area (Å²) in [6.45, 7) is 3.49. The van der Waals surface area contributed by atoms with Gasteiger partial charge in [-0.2, -0.15) is 26.3 Å². The van der Waals surface area contributed by atoms with Crippen LogP contribution in [0.1, 0.15) is 29.5 Å². The van der Waals surface area contributed by atoms with Crippen LogP contribution in [0, 0.1) is 6.92 Å². The molecule has 0 aromatic heterocycles. The minimum Gasteiger partial charge on any atom is -0.166 e. The predicted molar refractivity (Wildman–Crippen MR) is 54.7 cm³/mol. The summed E-state index contributed by atoms with van der Waals surface area (Å²) in [5, 5.41) is 0. The Hall–Kier alpha value is -1.20. The molecule has 0 aliphatic rings. The highest BCUT2D eigenvalue weighted by molar-refractivity contribution is 5.35. The molecule has 0 unspecified atom stereocenters. The molecule has 0 saturated carbocycles. The number of rotatable bonds is 3. The van der Waals surface area contributed by atoms with Crippen LogP contribution in [0.3, 0.4) is 0 Å². The fourth-order valence-corrected chi connectivity index (χ4v) is 1.55. The Labute approximate surface area is 101 Å². The number of benzene rings is 1. The average molecular weight is 269 g/mol. The van der Waals surface area contributed by atoms with Gasteiger partial charge in [-0.25, -0.2) is 0 Å². The number of hydrogen-bond donors (Lipinski definition) is 0. The van der Waals surface area contributed by atoms with Crippen LogP contribution in [0.2, 0.25) is 0 Å². The molecule has 18 heavy (non-hydrogen) atoms. The fraction of sp³-hybridized carbons (Fsp3) is 0.417. The highest BCUT2D eigenvalue weighted by Crippen LogP contribution is 2.37. The molecule has 0 atom stereocenters. The minimum absolute atomic E-state index is 0.0660. The monoisotopic (exact) mass is 269 g/mol. The van der Waals surface area contributed by atoms with Crippen molar-refractivity contribution >= 4 is 0 Å². The van der Waals surface area contributed by atoms with Gasteiger partial charge in [-0.3, -0.25) is 0 Å². The quantitative estimate of drug-likeness (QED) is 0.686. The summed E-state index contributed by atoms with van der Waals surface area (Å²) in [4.78, 5) is 0. The summed E-state index contributed by atoms with van der Waals surface area (Å²) in [5.74, 6) is 0. The van der Waals surface area contributed by atoms with Gasteiger partial charge in [-0.15, -0.1) is 0 Å². The van der Waals surface area contributed by atoms with Gasteiger partial charge in [0.05, 0.1) is 11.1 Å². The zero-order valence-corrected chi connectivity index (χ0v) is 9.33. The summed E-state index contributed by atoms with van der Waals surface area (Å²) in [6.07, 6.45) is -8.66. The van der Waals surface area contributed by atoms with E-state index in [9.17, 15) is 26.3 Å². The van der Waals surface area contributed by atoms with Crippen LogP contribution in [-0.2, 0) is 18.8 Å². The number of halogens is 6. The van der Waals surface area contributed by atoms with Gasteiger partial charge in [0.2, 0.25) is 0 Å². The largest absolute Gasteiger partial charge is 0.416 e. The van der Waals surface area contributed by atoms with E-state index in [1.165, 1.54) is 0 Å². The van der Waals surface area contributed by atoms with E-state index in [0.717, 1.165) is 6.07 Å². The van der Waals surface area contributed by atoms with Gasteiger partial charge < -0.3 is 0 Å². The molecule has 101 valence electrons. The van der Waals surface area contributed by atoms with Crippen LogP contribution >= 0.6 is 0 Å². The number of hydrogen-bond acceptors (Lipinski definition) is 0. The molecule has 6 heteroatoms. The number of unbranched alkanes of at least 4 members (excludes halogenated alkanes) is 1. The maximum Gasteiger partial charge on any atom is 0.416 e. The molecule has 0 bridgehead atoms. The lowest BCUT2D eigenvalue weighted by molar-refractivity contribution is -0.143. The molecule has 0 aliphatic carbocycles. The van der Waals surface area contributed by atoms with Gasteiger partial charge >= 0.3 is 12.4 Å². The maximum absolute atomic E-state index is 12.7. The average Bonchev–Trinajstić information content (AvgIpc) is 2.23.